The van der Waals surface area contributed by atoms with Crippen LogP contribution in [0.2, 0.25) is 0 Å². The molecule has 1 N–H and O–H groups in total. The summed E-state index contributed by atoms with van der Waals surface area (Å²) in [7, 11) is 1.85. The Hall–Kier alpha value is -2.47. The maximum absolute atomic E-state index is 12.7. The molecule has 2 heterocycles. The highest BCUT2D eigenvalue weighted by atomic mass is 79.9. The number of H-pyrrole nitrogens is 1. The van der Waals surface area contributed by atoms with E-state index in [1.165, 1.54) is 6.07 Å². The number of nitrogens with one attached hydrogen (secondary N) is 1. The van der Waals surface area contributed by atoms with Gasteiger partial charge in [0.2, 0.25) is 5.78 Å². The molecule has 0 aliphatic heterocycles. The second kappa shape index (κ2) is 6.57. The van der Waals surface area contributed by atoms with Gasteiger partial charge < -0.3 is 4.57 Å². The molecule has 2 aromatic heterocycles. The van der Waals surface area contributed by atoms with Crippen LogP contribution >= 0.6 is 15.9 Å². The molecule has 0 saturated carbocycles. The van der Waals surface area contributed by atoms with E-state index in [-0.39, 0.29) is 11.3 Å². The highest BCUT2D eigenvalue weighted by Gasteiger charge is 2.18. The molecule has 0 fully saturated rings. The zero-order valence-corrected chi connectivity index (χ0v) is 14.9. The molecule has 0 amide bonds. The van der Waals surface area contributed by atoms with E-state index in [9.17, 15) is 9.59 Å². The van der Waals surface area contributed by atoms with Crippen LogP contribution in [0.15, 0.2) is 51.7 Å². The van der Waals surface area contributed by atoms with Crippen LogP contribution in [-0.2, 0) is 13.5 Å². The Balaban J connectivity index is 1.94. The number of ketones is 1. The number of carbonyl (C=O) groups excluding carboxylic acids is 1. The van der Waals surface area contributed by atoms with Crippen LogP contribution in [0.1, 0.15) is 33.0 Å². The summed E-state index contributed by atoms with van der Waals surface area (Å²) in [4.78, 5) is 23.8. The molecule has 6 heteroatoms. The predicted molar refractivity (Wildman–Crippen MR) is 95.4 cm³/mol. The van der Waals surface area contributed by atoms with Crippen molar-refractivity contribution >= 4 is 21.7 Å². The molecule has 0 bridgehead atoms. The summed E-state index contributed by atoms with van der Waals surface area (Å²) in [5.41, 5.74) is 3.78. The lowest BCUT2D eigenvalue weighted by Gasteiger charge is -2.07. The fourth-order valence-corrected chi connectivity index (χ4v) is 3.15. The van der Waals surface area contributed by atoms with Gasteiger partial charge in [-0.3, -0.25) is 9.59 Å². The van der Waals surface area contributed by atoms with Crippen LogP contribution in [0.5, 0.6) is 0 Å². The molecule has 1 aromatic carbocycles. The molecular formula is C18H16BrN3O2. The molecule has 0 aliphatic rings. The van der Waals surface area contributed by atoms with Crippen molar-refractivity contribution < 1.29 is 4.79 Å². The summed E-state index contributed by atoms with van der Waals surface area (Å²) < 4.78 is 2.70. The zero-order chi connectivity index (χ0) is 17.3. The predicted octanol–water partition coefficient (Wildman–Crippen LogP) is 3.00. The maximum Gasteiger partial charge on any atom is 0.264 e. The highest BCUT2D eigenvalue weighted by Crippen LogP contribution is 2.25. The molecule has 3 aromatic rings. The molecule has 0 spiro atoms. The Morgan fingerprint density at radius 1 is 1.21 bits per heavy atom. The molecule has 3 rings (SSSR count). The largest absolute Gasteiger partial charge is 0.344 e. The lowest BCUT2D eigenvalue weighted by molar-refractivity contribution is 0.103. The number of aryl methyl sites for hydroxylation is 1. The van der Waals surface area contributed by atoms with Crippen LogP contribution in [0, 0.1) is 6.92 Å². The van der Waals surface area contributed by atoms with Gasteiger partial charge >= 0.3 is 0 Å². The lowest BCUT2D eigenvalue weighted by atomic mass is 10.1. The Labute approximate surface area is 147 Å². The van der Waals surface area contributed by atoms with Crippen molar-refractivity contribution in [2.75, 3.05) is 0 Å². The number of aromatic nitrogens is 3. The number of hydrogen-bond donors (Lipinski definition) is 1. The first-order valence-corrected chi connectivity index (χ1v) is 8.25. The zero-order valence-electron chi connectivity index (χ0n) is 13.3. The average molecular weight is 386 g/mol. The SMILES string of the molecule is Cc1ccc(C(=O)c2cc(Br)c(Cc3ccc(=O)[nH]n3)n2C)cc1. The first-order valence-electron chi connectivity index (χ1n) is 7.46. The van der Waals surface area contributed by atoms with Gasteiger partial charge in [-0.1, -0.05) is 29.8 Å². The fourth-order valence-electron chi connectivity index (χ4n) is 2.52. The molecule has 0 aliphatic carbocycles. The summed E-state index contributed by atoms with van der Waals surface area (Å²) >= 11 is 3.52. The Bertz CT molecular complexity index is 935. The number of nitrogens with zero attached hydrogens (tertiary/aromatic N) is 2. The quantitative estimate of drug-likeness (QED) is 0.701. The van der Waals surface area contributed by atoms with Crippen LogP contribution in [-0.4, -0.2) is 20.5 Å². The molecule has 0 saturated heterocycles. The monoisotopic (exact) mass is 385 g/mol. The summed E-state index contributed by atoms with van der Waals surface area (Å²) in [6.07, 6.45) is 0.509. The number of benzene rings is 1. The molecular weight excluding hydrogens is 370 g/mol. The van der Waals surface area contributed by atoms with E-state index in [1.54, 1.807) is 6.07 Å². The Morgan fingerprint density at radius 3 is 2.54 bits per heavy atom. The third kappa shape index (κ3) is 3.23. The normalized spacial score (nSPS) is 10.8. The molecule has 5 nitrogen and oxygen atoms in total. The standard InChI is InChI=1S/C18H16BrN3O2/c1-11-3-5-12(6-4-11)18(24)16-10-14(19)15(22(16)2)9-13-7-8-17(23)21-20-13/h3-8,10H,9H2,1-2H3,(H,21,23). The third-order valence-electron chi connectivity index (χ3n) is 3.94. The minimum Gasteiger partial charge on any atom is -0.344 e. The van der Waals surface area contributed by atoms with Crippen molar-refractivity contribution in [1.82, 2.24) is 14.8 Å². The van der Waals surface area contributed by atoms with Gasteiger partial charge in [-0.2, -0.15) is 5.10 Å². The van der Waals surface area contributed by atoms with Crippen LogP contribution in [0.4, 0.5) is 0 Å². The fraction of sp³-hybridized carbons (Fsp3) is 0.167. The van der Waals surface area contributed by atoms with E-state index in [1.807, 2.05) is 48.9 Å². The van der Waals surface area contributed by atoms with Gasteiger partial charge in [0, 0.05) is 35.3 Å². The average Bonchev–Trinajstić information content (AvgIpc) is 2.85. The van der Waals surface area contributed by atoms with E-state index >= 15 is 0 Å². The number of carbonyl (C=O) groups is 1. The summed E-state index contributed by atoms with van der Waals surface area (Å²) in [6.45, 7) is 1.99. The van der Waals surface area contributed by atoms with Crippen molar-refractivity contribution in [3.63, 3.8) is 0 Å². The van der Waals surface area contributed by atoms with E-state index < -0.39 is 0 Å². The smallest absolute Gasteiger partial charge is 0.264 e. The van der Waals surface area contributed by atoms with E-state index in [2.05, 4.69) is 26.1 Å². The summed E-state index contributed by atoms with van der Waals surface area (Å²) in [5, 5.41) is 6.44. The van der Waals surface area contributed by atoms with Crippen molar-refractivity contribution in [2.45, 2.75) is 13.3 Å². The first kappa shape index (κ1) is 16.4. The van der Waals surface area contributed by atoms with E-state index in [4.69, 9.17) is 0 Å². The van der Waals surface area contributed by atoms with Gasteiger partial charge in [0.15, 0.2) is 0 Å². The number of rotatable bonds is 4. The number of halogens is 1. The Kier molecular flexibility index (Phi) is 4.49. The third-order valence-corrected chi connectivity index (χ3v) is 4.62. The van der Waals surface area contributed by atoms with E-state index in [0.717, 1.165) is 21.4 Å². The second-order valence-corrected chi connectivity index (χ2v) is 6.52. The molecule has 0 radical (unpaired) electrons. The summed E-state index contributed by atoms with van der Waals surface area (Å²) in [6, 6.07) is 12.5. The highest BCUT2D eigenvalue weighted by molar-refractivity contribution is 9.10. The number of hydrogen-bond acceptors (Lipinski definition) is 3. The Morgan fingerprint density at radius 2 is 1.92 bits per heavy atom. The van der Waals surface area contributed by atoms with Crippen LogP contribution in [0.25, 0.3) is 0 Å². The maximum atomic E-state index is 12.7. The summed E-state index contributed by atoms with van der Waals surface area (Å²) in [5.74, 6) is -0.0288. The van der Waals surface area contributed by atoms with Gasteiger partial charge in [0.25, 0.3) is 5.56 Å². The topological polar surface area (TPSA) is 67.8 Å². The van der Waals surface area contributed by atoms with Crippen molar-refractivity contribution in [3.8, 4) is 0 Å². The van der Waals surface area contributed by atoms with Gasteiger partial charge in [0.05, 0.1) is 11.4 Å². The lowest BCUT2D eigenvalue weighted by Crippen LogP contribution is -2.11. The van der Waals surface area contributed by atoms with Crippen LogP contribution < -0.4 is 5.56 Å². The molecule has 24 heavy (non-hydrogen) atoms. The van der Waals surface area contributed by atoms with E-state index in [0.29, 0.717) is 17.7 Å². The van der Waals surface area contributed by atoms with Gasteiger partial charge in [-0.15, -0.1) is 0 Å². The molecule has 0 unspecified atom stereocenters. The molecule has 0 atom stereocenters. The van der Waals surface area contributed by atoms with Gasteiger partial charge in [-0.05, 0) is 35.0 Å². The van der Waals surface area contributed by atoms with Crippen LogP contribution in [0.3, 0.4) is 0 Å². The van der Waals surface area contributed by atoms with Gasteiger partial charge in [-0.25, -0.2) is 5.10 Å². The minimum absolute atomic E-state index is 0.0288. The number of aromatic amines is 1. The minimum atomic E-state index is -0.236. The van der Waals surface area contributed by atoms with Crippen molar-refractivity contribution in [2.24, 2.45) is 7.05 Å². The first-order chi connectivity index (χ1) is 11.5. The van der Waals surface area contributed by atoms with Crippen molar-refractivity contribution in [1.29, 1.82) is 0 Å². The second-order valence-electron chi connectivity index (χ2n) is 5.67. The molecule has 122 valence electrons. The van der Waals surface area contributed by atoms with Crippen molar-refractivity contribution in [3.05, 3.63) is 85.5 Å². The van der Waals surface area contributed by atoms with Gasteiger partial charge in [0.1, 0.15) is 0 Å².